The van der Waals surface area contributed by atoms with Crippen LogP contribution in [0.1, 0.15) is 28.7 Å². The van der Waals surface area contributed by atoms with Gasteiger partial charge in [-0.25, -0.2) is 23.0 Å². The highest BCUT2D eigenvalue weighted by Crippen LogP contribution is 2.29. The molecular weight excluding hydrogens is 479 g/mol. The first kappa shape index (κ1) is 24.3. The van der Waals surface area contributed by atoms with Crippen LogP contribution < -0.4 is 5.32 Å². The Morgan fingerprint density at radius 1 is 1.41 bits per heavy atom. The van der Waals surface area contributed by atoms with E-state index < -0.39 is 36.9 Å². The van der Waals surface area contributed by atoms with E-state index >= 15 is 0 Å². The Balaban J connectivity index is 1.54. The lowest BCUT2D eigenvalue weighted by molar-refractivity contribution is -0.169. The number of rotatable bonds is 5. The average Bonchev–Trinajstić information content (AvgIpc) is 3.05. The van der Waals surface area contributed by atoms with Crippen LogP contribution in [0, 0.1) is 5.82 Å². The quantitative estimate of drug-likeness (QED) is 0.679. The van der Waals surface area contributed by atoms with E-state index in [9.17, 15) is 22.8 Å². The molecule has 34 heavy (non-hydrogen) atoms. The van der Waals surface area contributed by atoms with E-state index in [1.165, 1.54) is 23.9 Å². The number of hydroxylamine groups is 2. The third-order valence-electron chi connectivity index (χ3n) is 5.63. The van der Waals surface area contributed by atoms with Crippen LogP contribution in [0.25, 0.3) is 0 Å². The standard InChI is InChI=1S/C21H23ClF3N5O4/c1-11-5-17-14(8-29(11)21(32)26-12-3-4-16(23)15(22)6-12)19-20(31)28(2)34-13(7-30(19)27-17)9-33-10-18(24)25/h3-4,6,11,13,18H,5,7-10H2,1-2H3,(H,26,32). The number of benzene rings is 1. The van der Waals surface area contributed by atoms with Crippen LogP contribution in [0.3, 0.4) is 0 Å². The number of carbonyl (C=O) groups is 2. The molecule has 0 bridgehead atoms. The summed E-state index contributed by atoms with van der Waals surface area (Å²) in [5.41, 5.74) is 1.86. The second-order valence-electron chi connectivity index (χ2n) is 8.15. The van der Waals surface area contributed by atoms with Crippen molar-refractivity contribution in [1.82, 2.24) is 19.7 Å². The van der Waals surface area contributed by atoms with Crippen LogP contribution in [-0.4, -0.2) is 70.5 Å². The number of halogens is 4. The van der Waals surface area contributed by atoms with Gasteiger partial charge in [0, 0.05) is 30.8 Å². The van der Waals surface area contributed by atoms with Crippen molar-refractivity contribution in [2.24, 2.45) is 0 Å². The molecule has 0 saturated heterocycles. The van der Waals surface area contributed by atoms with E-state index in [4.69, 9.17) is 21.2 Å². The summed E-state index contributed by atoms with van der Waals surface area (Å²) in [6, 6.07) is 3.19. The van der Waals surface area contributed by atoms with Crippen molar-refractivity contribution in [2.45, 2.75) is 45.0 Å². The largest absolute Gasteiger partial charge is 0.373 e. The minimum Gasteiger partial charge on any atom is -0.373 e. The third-order valence-corrected chi connectivity index (χ3v) is 5.92. The minimum atomic E-state index is -2.61. The van der Waals surface area contributed by atoms with Gasteiger partial charge in [0.1, 0.15) is 24.2 Å². The van der Waals surface area contributed by atoms with Gasteiger partial charge in [0.15, 0.2) is 0 Å². The monoisotopic (exact) mass is 501 g/mol. The number of alkyl halides is 2. The highest BCUT2D eigenvalue weighted by Gasteiger charge is 2.37. The van der Waals surface area contributed by atoms with Gasteiger partial charge in [0.25, 0.3) is 12.3 Å². The van der Waals surface area contributed by atoms with Crippen molar-refractivity contribution in [1.29, 1.82) is 0 Å². The average molecular weight is 502 g/mol. The number of carbonyl (C=O) groups excluding carboxylic acids is 2. The molecule has 1 N–H and O–H groups in total. The molecule has 0 radical (unpaired) electrons. The van der Waals surface area contributed by atoms with Crippen molar-refractivity contribution < 1.29 is 32.3 Å². The third kappa shape index (κ3) is 4.98. The molecule has 2 unspecified atom stereocenters. The molecule has 0 spiro atoms. The molecule has 2 aliphatic rings. The number of fused-ring (bicyclic) bond motifs is 3. The summed E-state index contributed by atoms with van der Waals surface area (Å²) in [5.74, 6) is -1.06. The van der Waals surface area contributed by atoms with Crippen molar-refractivity contribution in [2.75, 3.05) is 25.6 Å². The maximum atomic E-state index is 13.4. The Morgan fingerprint density at radius 2 is 2.18 bits per heavy atom. The normalized spacial score (nSPS) is 20.3. The highest BCUT2D eigenvalue weighted by atomic mass is 35.5. The summed E-state index contributed by atoms with van der Waals surface area (Å²) in [6.07, 6.45) is -2.91. The number of amides is 3. The fourth-order valence-corrected chi connectivity index (χ4v) is 4.21. The number of hydrogen-bond acceptors (Lipinski definition) is 5. The molecule has 4 rings (SSSR count). The van der Waals surface area contributed by atoms with Crippen LogP contribution in [0.2, 0.25) is 5.02 Å². The van der Waals surface area contributed by atoms with Crippen LogP contribution in [0.5, 0.6) is 0 Å². The van der Waals surface area contributed by atoms with E-state index in [2.05, 4.69) is 10.4 Å². The Labute approximate surface area is 198 Å². The lowest BCUT2D eigenvalue weighted by Crippen LogP contribution is -2.45. The van der Waals surface area contributed by atoms with Crippen LogP contribution >= 0.6 is 11.6 Å². The fraction of sp³-hybridized carbons (Fsp3) is 0.476. The van der Waals surface area contributed by atoms with Gasteiger partial charge in [-0.2, -0.15) is 5.10 Å². The molecule has 1 aromatic carbocycles. The molecule has 2 aromatic rings. The van der Waals surface area contributed by atoms with Gasteiger partial charge in [0.2, 0.25) is 0 Å². The molecule has 13 heteroatoms. The lowest BCUT2D eigenvalue weighted by Gasteiger charge is -2.33. The number of nitrogens with one attached hydrogen (secondary N) is 1. The Kier molecular flexibility index (Phi) is 7.01. The smallest absolute Gasteiger partial charge is 0.322 e. The molecule has 3 amide bonds. The number of hydrogen-bond donors (Lipinski definition) is 1. The summed E-state index contributed by atoms with van der Waals surface area (Å²) < 4.78 is 44.7. The molecule has 1 aromatic heterocycles. The van der Waals surface area contributed by atoms with Gasteiger partial charge < -0.3 is 15.0 Å². The first-order valence-corrected chi connectivity index (χ1v) is 10.9. The Morgan fingerprint density at radius 3 is 2.88 bits per heavy atom. The molecule has 0 saturated carbocycles. The van der Waals surface area contributed by atoms with E-state index in [0.29, 0.717) is 23.4 Å². The van der Waals surface area contributed by atoms with Crippen molar-refractivity contribution in [3.8, 4) is 0 Å². The summed E-state index contributed by atoms with van der Waals surface area (Å²) in [6.45, 7) is 1.20. The van der Waals surface area contributed by atoms with Crippen molar-refractivity contribution in [3.05, 3.63) is 46.0 Å². The first-order valence-electron chi connectivity index (χ1n) is 10.6. The summed E-state index contributed by atoms with van der Waals surface area (Å²) in [4.78, 5) is 33.1. The number of aromatic nitrogens is 2. The van der Waals surface area contributed by atoms with Gasteiger partial charge in [-0.15, -0.1) is 0 Å². The second-order valence-corrected chi connectivity index (χ2v) is 8.56. The summed E-state index contributed by atoms with van der Waals surface area (Å²) in [7, 11) is 1.42. The van der Waals surface area contributed by atoms with Crippen LogP contribution in [0.15, 0.2) is 18.2 Å². The number of urea groups is 1. The zero-order valence-corrected chi connectivity index (χ0v) is 19.2. The summed E-state index contributed by atoms with van der Waals surface area (Å²) >= 11 is 5.80. The van der Waals surface area contributed by atoms with Gasteiger partial charge in [0.05, 0.1) is 30.4 Å². The molecular formula is C21H23ClF3N5O4. The van der Waals surface area contributed by atoms with Crippen LogP contribution in [-0.2, 0) is 29.1 Å². The fourth-order valence-electron chi connectivity index (χ4n) is 4.03. The van der Waals surface area contributed by atoms with Gasteiger partial charge in [-0.3, -0.25) is 14.3 Å². The van der Waals surface area contributed by atoms with Crippen LogP contribution in [0.4, 0.5) is 23.7 Å². The first-order chi connectivity index (χ1) is 16.1. The predicted octanol–water partition coefficient (Wildman–Crippen LogP) is 3.32. The molecule has 2 aliphatic heterocycles. The highest BCUT2D eigenvalue weighted by molar-refractivity contribution is 6.31. The zero-order chi connectivity index (χ0) is 24.6. The van der Waals surface area contributed by atoms with E-state index in [-0.39, 0.29) is 36.5 Å². The maximum absolute atomic E-state index is 13.4. The minimum absolute atomic E-state index is 0.110. The number of nitrogens with zero attached hydrogens (tertiary/aromatic N) is 4. The van der Waals surface area contributed by atoms with Gasteiger partial charge in [-0.1, -0.05) is 11.6 Å². The SMILES string of the molecule is CC1Cc2nn3c(c2CN1C(=O)Nc1ccc(F)c(Cl)c1)C(=O)N(C)OC(COCC(F)F)C3. The lowest BCUT2D eigenvalue weighted by atomic mass is 9.99. The molecule has 184 valence electrons. The predicted molar refractivity (Wildman–Crippen MR) is 115 cm³/mol. The maximum Gasteiger partial charge on any atom is 0.322 e. The van der Waals surface area contributed by atoms with Gasteiger partial charge >= 0.3 is 6.03 Å². The van der Waals surface area contributed by atoms with E-state index in [1.807, 2.05) is 6.92 Å². The molecule has 0 aliphatic carbocycles. The Hall–Kier alpha value is -2.83. The summed E-state index contributed by atoms with van der Waals surface area (Å²) in [5, 5.41) is 8.15. The Bertz CT molecular complexity index is 1100. The number of ether oxygens (including phenoxy) is 1. The van der Waals surface area contributed by atoms with E-state index in [1.54, 1.807) is 4.90 Å². The van der Waals surface area contributed by atoms with Crippen molar-refractivity contribution >= 4 is 29.2 Å². The zero-order valence-electron chi connectivity index (χ0n) is 18.4. The van der Waals surface area contributed by atoms with Gasteiger partial charge in [-0.05, 0) is 25.1 Å². The van der Waals surface area contributed by atoms with Crippen molar-refractivity contribution in [3.63, 3.8) is 0 Å². The topological polar surface area (TPSA) is 88.9 Å². The van der Waals surface area contributed by atoms with E-state index in [0.717, 1.165) is 11.1 Å². The molecule has 3 heterocycles. The second kappa shape index (κ2) is 9.80. The molecule has 9 nitrogen and oxygen atoms in total. The molecule has 2 atom stereocenters. The molecule has 0 fully saturated rings. The number of anilines is 1.